The number of hydrogen-bond acceptors (Lipinski definition) is 3. The van der Waals surface area contributed by atoms with Crippen LogP contribution in [0.25, 0.3) is 6.08 Å². The van der Waals surface area contributed by atoms with Crippen LogP contribution in [0.15, 0.2) is 23.8 Å². The Morgan fingerprint density at radius 2 is 2.20 bits per heavy atom. The minimum Gasteiger partial charge on any atom is -0.258 e. The van der Waals surface area contributed by atoms with Gasteiger partial charge in [-0.05, 0) is 19.4 Å². The van der Waals surface area contributed by atoms with Crippen molar-refractivity contribution >= 4 is 11.8 Å². The number of allylic oxidation sites excluding steroid dienone is 1. The molecular weight excluding hydrogens is 192 g/mol. The van der Waals surface area contributed by atoms with Gasteiger partial charge in [-0.2, -0.15) is 5.26 Å². The van der Waals surface area contributed by atoms with Gasteiger partial charge in [-0.25, -0.2) is 0 Å². The molecule has 0 aromatic heterocycles. The summed E-state index contributed by atoms with van der Waals surface area (Å²) in [5.41, 5.74) is 1.55. The van der Waals surface area contributed by atoms with Crippen molar-refractivity contribution in [3.8, 4) is 6.07 Å². The standard InChI is InChI=1S/C11H10N2O2/c1-8(2)6-9-4-3-5-11(13(14)15)10(9)7-12/h3-6H,1-2H3. The van der Waals surface area contributed by atoms with E-state index in [1.165, 1.54) is 6.07 Å². The first-order valence-corrected chi connectivity index (χ1v) is 4.38. The minimum absolute atomic E-state index is 0.115. The molecule has 0 unspecified atom stereocenters. The molecule has 0 amide bonds. The van der Waals surface area contributed by atoms with E-state index in [0.717, 1.165) is 5.57 Å². The molecule has 0 fully saturated rings. The molecule has 15 heavy (non-hydrogen) atoms. The maximum Gasteiger partial charge on any atom is 0.287 e. The molecule has 0 saturated carbocycles. The van der Waals surface area contributed by atoms with Crippen molar-refractivity contribution < 1.29 is 4.92 Å². The fraction of sp³-hybridized carbons (Fsp3) is 0.182. The molecule has 0 aliphatic carbocycles. The van der Waals surface area contributed by atoms with E-state index in [9.17, 15) is 10.1 Å². The summed E-state index contributed by atoms with van der Waals surface area (Å²) in [6.45, 7) is 3.75. The zero-order valence-corrected chi connectivity index (χ0v) is 8.52. The molecule has 1 rings (SSSR count). The van der Waals surface area contributed by atoms with Crippen molar-refractivity contribution in [1.82, 2.24) is 0 Å². The topological polar surface area (TPSA) is 66.9 Å². The van der Waals surface area contributed by atoms with Gasteiger partial charge in [0.1, 0.15) is 11.6 Å². The van der Waals surface area contributed by atoms with E-state index in [4.69, 9.17) is 5.26 Å². The smallest absolute Gasteiger partial charge is 0.258 e. The lowest BCUT2D eigenvalue weighted by molar-refractivity contribution is -0.385. The van der Waals surface area contributed by atoms with Gasteiger partial charge in [-0.3, -0.25) is 10.1 Å². The molecule has 0 radical (unpaired) electrons. The maximum absolute atomic E-state index is 10.7. The molecule has 0 aliphatic rings. The second-order valence-electron chi connectivity index (χ2n) is 3.33. The molecular formula is C11H10N2O2. The SMILES string of the molecule is CC(C)=Cc1cccc([N+](=O)[O-])c1C#N. The Kier molecular flexibility index (Phi) is 3.19. The van der Waals surface area contributed by atoms with Crippen LogP contribution in [0.2, 0.25) is 0 Å². The molecule has 0 bridgehead atoms. The Hall–Kier alpha value is -2.15. The van der Waals surface area contributed by atoms with Gasteiger partial charge in [-0.15, -0.1) is 0 Å². The lowest BCUT2D eigenvalue weighted by atomic mass is 10.0. The van der Waals surface area contributed by atoms with E-state index >= 15 is 0 Å². The van der Waals surface area contributed by atoms with E-state index in [1.807, 2.05) is 19.9 Å². The van der Waals surface area contributed by atoms with Crippen molar-refractivity contribution in [1.29, 1.82) is 5.26 Å². The van der Waals surface area contributed by atoms with Crippen LogP contribution >= 0.6 is 0 Å². The molecule has 0 N–H and O–H groups in total. The second-order valence-corrected chi connectivity index (χ2v) is 3.33. The van der Waals surface area contributed by atoms with Gasteiger partial charge < -0.3 is 0 Å². The van der Waals surface area contributed by atoms with Gasteiger partial charge in [0, 0.05) is 6.07 Å². The zero-order chi connectivity index (χ0) is 11.4. The predicted molar refractivity (Wildman–Crippen MR) is 57.1 cm³/mol. The van der Waals surface area contributed by atoms with Crippen LogP contribution in [-0.4, -0.2) is 4.92 Å². The van der Waals surface area contributed by atoms with Crippen LogP contribution in [0, 0.1) is 21.4 Å². The van der Waals surface area contributed by atoms with Gasteiger partial charge in [0.05, 0.1) is 4.92 Å². The highest BCUT2D eigenvalue weighted by Crippen LogP contribution is 2.23. The second kappa shape index (κ2) is 4.38. The number of benzene rings is 1. The van der Waals surface area contributed by atoms with Crippen LogP contribution in [0.4, 0.5) is 5.69 Å². The first-order chi connectivity index (χ1) is 7.06. The van der Waals surface area contributed by atoms with E-state index in [-0.39, 0.29) is 11.3 Å². The molecule has 4 heteroatoms. The quantitative estimate of drug-likeness (QED) is 0.547. The Bertz CT molecular complexity index is 466. The maximum atomic E-state index is 10.7. The molecule has 0 aliphatic heterocycles. The normalized spacial score (nSPS) is 9.13. The Morgan fingerprint density at radius 3 is 2.67 bits per heavy atom. The van der Waals surface area contributed by atoms with Crippen molar-refractivity contribution in [2.75, 3.05) is 0 Å². The van der Waals surface area contributed by atoms with Crippen molar-refractivity contribution in [3.05, 3.63) is 45.0 Å². The van der Waals surface area contributed by atoms with Gasteiger partial charge in [-0.1, -0.05) is 23.8 Å². The molecule has 76 valence electrons. The summed E-state index contributed by atoms with van der Waals surface area (Å²) in [5, 5.41) is 19.5. The average Bonchev–Trinajstić information content (AvgIpc) is 2.16. The minimum atomic E-state index is -0.541. The number of nitro groups is 1. The van der Waals surface area contributed by atoms with Gasteiger partial charge in [0.15, 0.2) is 0 Å². The summed E-state index contributed by atoms with van der Waals surface area (Å²) < 4.78 is 0. The summed E-state index contributed by atoms with van der Waals surface area (Å²) in [5.74, 6) is 0. The van der Waals surface area contributed by atoms with E-state index in [1.54, 1.807) is 18.2 Å². The molecule has 0 saturated heterocycles. The van der Waals surface area contributed by atoms with E-state index < -0.39 is 4.92 Å². The molecule has 0 atom stereocenters. The largest absolute Gasteiger partial charge is 0.287 e. The van der Waals surface area contributed by atoms with Gasteiger partial charge in [0.25, 0.3) is 5.69 Å². The van der Waals surface area contributed by atoms with Gasteiger partial charge >= 0.3 is 0 Å². The average molecular weight is 202 g/mol. The number of hydrogen-bond donors (Lipinski definition) is 0. The van der Waals surface area contributed by atoms with Crippen LogP contribution < -0.4 is 0 Å². The van der Waals surface area contributed by atoms with Crippen LogP contribution in [-0.2, 0) is 0 Å². The first kappa shape index (κ1) is 10.9. The zero-order valence-electron chi connectivity index (χ0n) is 8.52. The van der Waals surface area contributed by atoms with Crippen molar-refractivity contribution in [3.63, 3.8) is 0 Å². The lowest BCUT2D eigenvalue weighted by Crippen LogP contribution is -1.94. The van der Waals surface area contributed by atoms with E-state index in [2.05, 4.69) is 0 Å². The van der Waals surface area contributed by atoms with Gasteiger partial charge in [0.2, 0.25) is 0 Å². The predicted octanol–water partition coefficient (Wildman–Crippen LogP) is 2.89. The number of rotatable bonds is 2. The number of nitriles is 1. The fourth-order valence-corrected chi connectivity index (χ4v) is 1.26. The fourth-order valence-electron chi connectivity index (χ4n) is 1.26. The highest BCUT2D eigenvalue weighted by Gasteiger charge is 2.15. The Labute approximate surface area is 87.6 Å². The Balaban J connectivity index is 3.43. The van der Waals surface area contributed by atoms with Crippen LogP contribution in [0.5, 0.6) is 0 Å². The lowest BCUT2D eigenvalue weighted by Gasteiger charge is -1.99. The van der Waals surface area contributed by atoms with Crippen molar-refractivity contribution in [2.24, 2.45) is 0 Å². The van der Waals surface area contributed by atoms with Crippen LogP contribution in [0.1, 0.15) is 25.0 Å². The molecule has 1 aromatic rings. The highest BCUT2D eigenvalue weighted by molar-refractivity contribution is 5.66. The highest BCUT2D eigenvalue weighted by atomic mass is 16.6. The summed E-state index contributed by atoms with van der Waals surface area (Å²) in [7, 11) is 0. The summed E-state index contributed by atoms with van der Waals surface area (Å²) in [6.07, 6.45) is 1.76. The summed E-state index contributed by atoms with van der Waals surface area (Å²) in [4.78, 5) is 10.1. The third-order valence-corrected chi connectivity index (χ3v) is 1.83. The summed E-state index contributed by atoms with van der Waals surface area (Å²) >= 11 is 0. The molecule has 0 spiro atoms. The molecule has 4 nitrogen and oxygen atoms in total. The number of nitro benzene ring substituents is 1. The van der Waals surface area contributed by atoms with Crippen LogP contribution in [0.3, 0.4) is 0 Å². The third kappa shape index (κ3) is 2.41. The molecule has 0 heterocycles. The van der Waals surface area contributed by atoms with Crippen molar-refractivity contribution in [2.45, 2.75) is 13.8 Å². The number of nitrogens with zero attached hydrogens (tertiary/aromatic N) is 2. The molecule has 1 aromatic carbocycles. The summed E-state index contributed by atoms with van der Waals surface area (Å²) in [6, 6.07) is 6.47. The monoisotopic (exact) mass is 202 g/mol. The first-order valence-electron chi connectivity index (χ1n) is 4.38. The third-order valence-electron chi connectivity index (χ3n) is 1.83. The Morgan fingerprint density at radius 1 is 1.53 bits per heavy atom. The van der Waals surface area contributed by atoms with E-state index in [0.29, 0.717) is 5.56 Å².